The Hall–Kier alpha value is -0.790. The van der Waals surface area contributed by atoms with Crippen molar-refractivity contribution in [2.45, 2.75) is 24.8 Å². The Labute approximate surface area is 78.8 Å². The minimum absolute atomic E-state index is 0.134. The smallest absolute Gasteiger partial charge is 0.480 e. The van der Waals surface area contributed by atoms with Crippen LogP contribution in [0.25, 0.3) is 0 Å². The first-order chi connectivity index (χ1) is 6.33. The summed E-state index contributed by atoms with van der Waals surface area (Å²) in [5.41, 5.74) is -5.35. The van der Waals surface area contributed by atoms with Gasteiger partial charge >= 0.3 is 15.5 Å². The zero-order chi connectivity index (χ0) is 10.8. The fourth-order valence-electron chi connectivity index (χ4n) is 0.898. The second-order valence-electron chi connectivity index (χ2n) is 2.71. The molecule has 0 aromatic heterocycles. The lowest BCUT2D eigenvalue weighted by molar-refractivity contribution is -0.0436. The van der Waals surface area contributed by atoms with Gasteiger partial charge in [0.2, 0.25) is 0 Å². The molecule has 4 nitrogen and oxygen atoms in total. The Morgan fingerprint density at radius 3 is 2.36 bits per heavy atom. The molecule has 0 aliphatic carbocycles. The number of hydrogen-bond acceptors (Lipinski definition) is 3. The normalized spacial score (nSPS) is 22.1. The Morgan fingerprint density at radius 1 is 1.29 bits per heavy atom. The highest BCUT2D eigenvalue weighted by Crippen LogP contribution is 2.25. The summed E-state index contributed by atoms with van der Waals surface area (Å²) in [6, 6.07) is 0. The largest absolute Gasteiger partial charge is 0.518 e. The summed E-state index contributed by atoms with van der Waals surface area (Å²) in [4.78, 5) is 0. The monoisotopic (exact) mass is 231 g/mol. The molecule has 8 heteroatoms. The van der Waals surface area contributed by atoms with Gasteiger partial charge in [-0.1, -0.05) is 0 Å². The Bertz CT molecular complexity index is 325. The van der Waals surface area contributed by atoms with Gasteiger partial charge in [-0.25, -0.2) is 0 Å². The number of nitrogens with zero attached hydrogens (tertiary/aromatic N) is 1. The molecule has 0 bridgehead atoms. The molecular formula is C6H8F3NO3S. The van der Waals surface area contributed by atoms with E-state index in [0.29, 0.717) is 12.8 Å². The number of halogens is 3. The molecule has 1 aliphatic rings. The molecule has 1 heterocycles. The van der Waals surface area contributed by atoms with E-state index in [1.807, 2.05) is 0 Å². The van der Waals surface area contributed by atoms with Crippen LogP contribution in [0.1, 0.15) is 19.3 Å². The standard InChI is InChI=1S/C6H8F3NO3S/c7-6(8,9)14(11,12)10-5-3-1-2-4-13-5/h1-4H2/b10-5+. The van der Waals surface area contributed by atoms with Crippen molar-refractivity contribution in [2.75, 3.05) is 6.61 Å². The average Bonchev–Trinajstić information content (AvgIpc) is 2.03. The molecule has 1 saturated heterocycles. The molecule has 0 saturated carbocycles. The van der Waals surface area contributed by atoms with Gasteiger partial charge in [-0.15, -0.1) is 4.40 Å². The van der Waals surface area contributed by atoms with Crippen molar-refractivity contribution in [3.05, 3.63) is 0 Å². The lowest BCUT2D eigenvalue weighted by Crippen LogP contribution is -2.24. The van der Waals surface area contributed by atoms with E-state index in [0.717, 1.165) is 0 Å². The number of alkyl halides is 3. The van der Waals surface area contributed by atoms with Gasteiger partial charge in [0.1, 0.15) is 0 Å². The maximum absolute atomic E-state index is 11.8. The van der Waals surface area contributed by atoms with Crippen molar-refractivity contribution in [2.24, 2.45) is 4.40 Å². The molecule has 1 rings (SSSR count). The van der Waals surface area contributed by atoms with Gasteiger partial charge < -0.3 is 4.74 Å². The summed E-state index contributed by atoms with van der Waals surface area (Å²) >= 11 is 0. The van der Waals surface area contributed by atoms with Gasteiger partial charge in [-0.2, -0.15) is 21.6 Å². The quantitative estimate of drug-likeness (QED) is 0.686. The Kier molecular flexibility index (Phi) is 3.03. The van der Waals surface area contributed by atoms with Crippen LogP contribution in [-0.2, 0) is 14.8 Å². The molecule has 1 fully saturated rings. The van der Waals surface area contributed by atoms with Gasteiger partial charge in [0.25, 0.3) is 0 Å². The Balaban J connectivity index is 2.85. The van der Waals surface area contributed by atoms with E-state index >= 15 is 0 Å². The van der Waals surface area contributed by atoms with Crippen molar-refractivity contribution in [3.63, 3.8) is 0 Å². The molecule has 0 aromatic rings. The molecule has 0 spiro atoms. The molecule has 82 valence electrons. The zero-order valence-electron chi connectivity index (χ0n) is 7.04. The third-order valence-electron chi connectivity index (χ3n) is 1.57. The Morgan fingerprint density at radius 2 is 1.93 bits per heavy atom. The van der Waals surface area contributed by atoms with Gasteiger partial charge in [-0.05, 0) is 12.8 Å². The van der Waals surface area contributed by atoms with E-state index < -0.39 is 15.5 Å². The van der Waals surface area contributed by atoms with Gasteiger partial charge in [-0.3, -0.25) is 0 Å². The summed E-state index contributed by atoms with van der Waals surface area (Å²) in [7, 11) is -5.43. The SMILES string of the molecule is O=S(=O)(/N=C1\CCCCO1)C(F)(F)F. The minimum atomic E-state index is -5.43. The summed E-state index contributed by atoms with van der Waals surface area (Å²) < 4.78 is 63.8. The molecular weight excluding hydrogens is 223 g/mol. The number of ether oxygens (including phenoxy) is 1. The molecule has 0 unspecified atom stereocenters. The second kappa shape index (κ2) is 3.76. The van der Waals surface area contributed by atoms with Crippen molar-refractivity contribution in [1.82, 2.24) is 0 Å². The molecule has 0 N–H and O–H groups in total. The van der Waals surface area contributed by atoms with E-state index in [1.54, 1.807) is 0 Å². The van der Waals surface area contributed by atoms with Crippen LogP contribution in [0.15, 0.2) is 4.40 Å². The topological polar surface area (TPSA) is 55.7 Å². The maximum atomic E-state index is 11.8. The third-order valence-corrected chi connectivity index (χ3v) is 2.60. The fourth-order valence-corrected chi connectivity index (χ4v) is 1.41. The lowest BCUT2D eigenvalue weighted by Gasteiger charge is -2.14. The molecule has 0 amide bonds. The van der Waals surface area contributed by atoms with Gasteiger partial charge in [0, 0.05) is 6.42 Å². The average molecular weight is 231 g/mol. The maximum Gasteiger partial charge on any atom is 0.518 e. The van der Waals surface area contributed by atoms with Crippen LogP contribution in [0, 0.1) is 0 Å². The van der Waals surface area contributed by atoms with Crippen LogP contribution in [-0.4, -0.2) is 26.4 Å². The van der Waals surface area contributed by atoms with Crippen LogP contribution in [0.3, 0.4) is 0 Å². The summed E-state index contributed by atoms with van der Waals surface area (Å²) in [5, 5.41) is 0. The highest BCUT2D eigenvalue weighted by molar-refractivity contribution is 7.91. The first kappa shape index (κ1) is 11.3. The summed E-state index contributed by atoms with van der Waals surface area (Å²) in [5.74, 6) is -0.353. The molecule has 0 aromatic carbocycles. The number of hydrogen-bond donors (Lipinski definition) is 0. The lowest BCUT2D eigenvalue weighted by atomic mass is 10.2. The zero-order valence-corrected chi connectivity index (χ0v) is 7.86. The third kappa shape index (κ3) is 2.60. The minimum Gasteiger partial charge on any atom is -0.480 e. The van der Waals surface area contributed by atoms with Gasteiger partial charge in [0.05, 0.1) is 6.61 Å². The van der Waals surface area contributed by atoms with Crippen molar-refractivity contribution in [1.29, 1.82) is 0 Å². The van der Waals surface area contributed by atoms with Crippen molar-refractivity contribution >= 4 is 15.9 Å². The molecule has 14 heavy (non-hydrogen) atoms. The predicted octanol–water partition coefficient (Wildman–Crippen LogP) is 1.44. The first-order valence-corrected chi connectivity index (χ1v) is 5.30. The van der Waals surface area contributed by atoms with Crippen LogP contribution < -0.4 is 0 Å². The first-order valence-electron chi connectivity index (χ1n) is 3.86. The van der Waals surface area contributed by atoms with Gasteiger partial charge in [0.15, 0.2) is 5.90 Å². The predicted molar refractivity (Wildman–Crippen MR) is 42.2 cm³/mol. The van der Waals surface area contributed by atoms with Crippen molar-refractivity contribution < 1.29 is 26.3 Å². The highest BCUT2D eigenvalue weighted by atomic mass is 32.2. The molecule has 1 aliphatic heterocycles. The van der Waals surface area contributed by atoms with Crippen molar-refractivity contribution in [3.8, 4) is 0 Å². The van der Waals surface area contributed by atoms with Crippen LogP contribution in [0.4, 0.5) is 13.2 Å². The highest BCUT2D eigenvalue weighted by Gasteiger charge is 2.46. The number of sulfonamides is 1. The molecule has 0 radical (unpaired) electrons. The van der Waals surface area contributed by atoms with Crippen LogP contribution >= 0.6 is 0 Å². The van der Waals surface area contributed by atoms with E-state index in [9.17, 15) is 21.6 Å². The van der Waals surface area contributed by atoms with E-state index in [1.165, 1.54) is 0 Å². The summed E-state index contributed by atoms with van der Waals surface area (Å²) in [6.07, 6.45) is 1.42. The fraction of sp³-hybridized carbons (Fsp3) is 0.833. The number of rotatable bonds is 1. The van der Waals surface area contributed by atoms with E-state index in [4.69, 9.17) is 0 Å². The van der Waals surface area contributed by atoms with E-state index in [2.05, 4.69) is 9.13 Å². The van der Waals surface area contributed by atoms with Crippen LogP contribution in [0.5, 0.6) is 0 Å². The second-order valence-corrected chi connectivity index (χ2v) is 4.31. The van der Waals surface area contributed by atoms with E-state index in [-0.39, 0.29) is 18.9 Å². The molecule has 0 atom stereocenters. The summed E-state index contributed by atoms with van der Waals surface area (Å²) in [6.45, 7) is 0.214. The van der Waals surface area contributed by atoms with Crippen LogP contribution in [0.2, 0.25) is 0 Å².